The van der Waals surface area contributed by atoms with Gasteiger partial charge in [0, 0.05) is 37.3 Å². The number of nitrogens with zero attached hydrogens (tertiary/aromatic N) is 1. The van der Waals surface area contributed by atoms with E-state index in [2.05, 4.69) is 34.5 Å². The number of hydrogen-bond acceptors (Lipinski definition) is 3. The van der Waals surface area contributed by atoms with E-state index < -0.39 is 0 Å². The van der Waals surface area contributed by atoms with Crippen molar-refractivity contribution in [1.82, 2.24) is 5.32 Å². The number of nitrogens with one attached hydrogen (secondary N) is 1. The fraction of sp³-hybridized carbons (Fsp3) is 0.562. The quantitative estimate of drug-likeness (QED) is 0.853. The first-order chi connectivity index (χ1) is 9.78. The molecule has 0 spiro atoms. The van der Waals surface area contributed by atoms with Gasteiger partial charge in [0.25, 0.3) is 0 Å². The Morgan fingerprint density at radius 3 is 2.95 bits per heavy atom. The zero-order chi connectivity index (χ0) is 13.9. The lowest BCUT2D eigenvalue weighted by Crippen LogP contribution is -2.46. The lowest BCUT2D eigenvalue weighted by molar-refractivity contribution is -0.121. The smallest absolute Gasteiger partial charge is 0.222 e. The van der Waals surface area contributed by atoms with Crippen molar-refractivity contribution in [2.24, 2.45) is 5.73 Å². The molecule has 3 N–H and O–H groups in total. The van der Waals surface area contributed by atoms with E-state index >= 15 is 0 Å². The molecule has 2 aliphatic rings. The zero-order valence-corrected chi connectivity index (χ0v) is 11.8. The van der Waals surface area contributed by atoms with Gasteiger partial charge in [0.2, 0.25) is 5.91 Å². The van der Waals surface area contributed by atoms with Gasteiger partial charge >= 0.3 is 0 Å². The topological polar surface area (TPSA) is 58.4 Å². The van der Waals surface area contributed by atoms with Crippen molar-refractivity contribution in [1.29, 1.82) is 0 Å². The average molecular weight is 273 g/mol. The highest BCUT2D eigenvalue weighted by Crippen LogP contribution is 2.29. The summed E-state index contributed by atoms with van der Waals surface area (Å²) in [5, 5.41) is 3.06. The SMILES string of the molecule is NCC(CC(=O)NC1CC1)N1CCCc2ccccc21. The lowest BCUT2D eigenvalue weighted by Gasteiger charge is -2.37. The van der Waals surface area contributed by atoms with Gasteiger partial charge in [0.1, 0.15) is 0 Å². The number of amides is 1. The molecule has 1 aromatic rings. The number of benzene rings is 1. The normalized spacial score (nSPS) is 19.4. The lowest BCUT2D eigenvalue weighted by atomic mass is 9.99. The third-order valence-corrected chi connectivity index (χ3v) is 4.22. The monoisotopic (exact) mass is 273 g/mol. The minimum Gasteiger partial charge on any atom is -0.367 e. The summed E-state index contributed by atoms with van der Waals surface area (Å²) in [5.41, 5.74) is 8.57. The van der Waals surface area contributed by atoms with E-state index in [0.29, 0.717) is 19.0 Å². The number of rotatable bonds is 5. The molecule has 4 nitrogen and oxygen atoms in total. The molecule has 1 saturated carbocycles. The maximum atomic E-state index is 12.0. The average Bonchev–Trinajstić information content (AvgIpc) is 3.28. The highest BCUT2D eigenvalue weighted by molar-refractivity contribution is 5.78. The van der Waals surface area contributed by atoms with E-state index in [9.17, 15) is 4.79 Å². The Balaban J connectivity index is 1.70. The maximum absolute atomic E-state index is 12.0. The van der Waals surface area contributed by atoms with Crippen molar-refractivity contribution in [2.45, 2.75) is 44.2 Å². The number of carbonyl (C=O) groups excluding carboxylic acids is 1. The second-order valence-electron chi connectivity index (χ2n) is 5.86. The summed E-state index contributed by atoms with van der Waals surface area (Å²) in [5.74, 6) is 0.144. The third-order valence-electron chi connectivity index (χ3n) is 4.22. The van der Waals surface area contributed by atoms with Crippen molar-refractivity contribution in [3.8, 4) is 0 Å². The van der Waals surface area contributed by atoms with Crippen LogP contribution in [0.25, 0.3) is 0 Å². The van der Waals surface area contributed by atoms with Crippen LogP contribution in [0.3, 0.4) is 0 Å². The molecule has 3 rings (SSSR count). The van der Waals surface area contributed by atoms with Crippen LogP contribution in [0.2, 0.25) is 0 Å². The predicted octanol–water partition coefficient (Wildman–Crippen LogP) is 1.44. The molecule has 20 heavy (non-hydrogen) atoms. The number of carbonyl (C=O) groups is 1. The number of nitrogens with two attached hydrogens (primary N) is 1. The summed E-state index contributed by atoms with van der Waals surface area (Å²) in [6.45, 7) is 1.52. The Bertz CT molecular complexity index is 484. The van der Waals surface area contributed by atoms with Crippen LogP contribution in [0.15, 0.2) is 24.3 Å². The molecule has 1 amide bonds. The van der Waals surface area contributed by atoms with Crippen LogP contribution in [0, 0.1) is 0 Å². The summed E-state index contributed by atoms with van der Waals surface area (Å²) in [6.07, 6.45) is 5.02. The van der Waals surface area contributed by atoms with E-state index in [-0.39, 0.29) is 11.9 Å². The van der Waals surface area contributed by atoms with Crippen LogP contribution in [0.5, 0.6) is 0 Å². The van der Waals surface area contributed by atoms with Crippen molar-refractivity contribution in [3.63, 3.8) is 0 Å². The van der Waals surface area contributed by atoms with Gasteiger partial charge < -0.3 is 16.0 Å². The number of para-hydroxylation sites is 1. The number of hydrogen-bond donors (Lipinski definition) is 2. The molecule has 0 radical (unpaired) electrons. The minimum absolute atomic E-state index is 0.107. The Kier molecular flexibility index (Phi) is 3.92. The van der Waals surface area contributed by atoms with Gasteiger partial charge in [-0.2, -0.15) is 0 Å². The van der Waals surface area contributed by atoms with Gasteiger partial charge in [0.15, 0.2) is 0 Å². The molecular formula is C16H23N3O. The second kappa shape index (κ2) is 5.83. The molecule has 0 saturated heterocycles. The Morgan fingerprint density at radius 1 is 1.40 bits per heavy atom. The molecule has 108 valence electrons. The summed E-state index contributed by atoms with van der Waals surface area (Å²) >= 11 is 0. The van der Waals surface area contributed by atoms with E-state index in [1.807, 2.05) is 0 Å². The van der Waals surface area contributed by atoms with Crippen LogP contribution in [-0.2, 0) is 11.2 Å². The molecule has 1 aromatic carbocycles. The van der Waals surface area contributed by atoms with E-state index in [1.165, 1.54) is 11.3 Å². The van der Waals surface area contributed by atoms with Crippen LogP contribution in [0.4, 0.5) is 5.69 Å². The van der Waals surface area contributed by atoms with Crippen LogP contribution in [-0.4, -0.2) is 31.1 Å². The molecule has 1 aliphatic heterocycles. The Hall–Kier alpha value is -1.55. The van der Waals surface area contributed by atoms with Crippen LogP contribution >= 0.6 is 0 Å². The summed E-state index contributed by atoms with van der Waals surface area (Å²) < 4.78 is 0. The Labute approximate surface area is 120 Å². The van der Waals surface area contributed by atoms with Gasteiger partial charge in [-0.15, -0.1) is 0 Å². The van der Waals surface area contributed by atoms with Crippen molar-refractivity contribution in [2.75, 3.05) is 18.0 Å². The first-order valence-corrected chi connectivity index (χ1v) is 7.62. The molecule has 0 aromatic heterocycles. The largest absolute Gasteiger partial charge is 0.367 e. The zero-order valence-electron chi connectivity index (χ0n) is 11.8. The van der Waals surface area contributed by atoms with Crippen molar-refractivity contribution in [3.05, 3.63) is 29.8 Å². The van der Waals surface area contributed by atoms with Gasteiger partial charge in [-0.3, -0.25) is 4.79 Å². The number of aryl methyl sites for hydroxylation is 1. The summed E-state index contributed by atoms with van der Waals surface area (Å²) in [7, 11) is 0. The van der Waals surface area contributed by atoms with Gasteiger partial charge in [-0.05, 0) is 37.3 Å². The molecular weight excluding hydrogens is 250 g/mol. The fourth-order valence-electron chi connectivity index (χ4n) is 2.99. The highest BCUT2D eigenvalue weighted by Gasteiger charge is 2.28. The van der Waals surface area contributed by atoms with Crippen LogP contribution < -0.4 is 16.0 Å². The molecule has 4 heteroatoms. The minimum atomic E-state index is 0.107. The van der Waals surface area contributed by atoms with Crippen LogP contribution in [0.1, 0.15) is 31.2 Å². The molecule has 1 fully saturated rings. The molecule has 1 atom stereocenters. The molecule has 1 aliphatic carbocycles. The predicted molar refractivity (Wildman–Crippen MR) is 80.7 cm³/mol. The summed E-state index contributed by atoms with van der Waals surface area (Å²) in [6, 6.07) is 9.01. The van der Waals surface area contributed by atoms with E-state index in [0.717, 1.165) is 32.2 Å². The molecule has 1 unspecified atom stereocenters. The second-order valence-corrected chi connectivity index (χ2v) is 5.86. The first-order valence-electron chi connectivity index (χ1n) is 7.62. The van der Waals surface area contributed by atoms with E-state index in [1.54, 1.807) is 0 Å². The third kappa shape index (κ3) is 2.96. The molecule has 0 bridgehead atoms. The first kappa shape index (κ1) is 13.4. The highest BCUT2D eigenvalue weighted by atomic mass is 16.1. The standard InChI is InChI=1S/C16H23N3O/c17-11-14(10-16(20)18-13-7-8-13)19-9-3-5-12-4-1-2-6-15(12)19/h1-2,4,6,13-14H,3,5,7-11,17H2,(H,18,20). The number of anilines is 1. The molecule has 1 heterocycles. The van der Waals surface area contributed by atoms with E-state index in [4.69, 9.17) is 5.73 Å². The van der Waals surface area contributed by atoms with Crippen molar-refractivity contribution >= 4 is 11.6 Å². The van der Waals surface area contributed by atoms with Gasteiger partial charge in [-0.1, -0.05) is 18.2 Å². The number of fused-ring (bicyclic) bond motifs is 1. The van der Waals surface area contributed by atoms with Crippen molar-refractivity contribution < 1.29 is 4.79 Å². The Morgan fingerprint density at radius 2 is 2.20 bits per heavy atom. The fourth-order valence-corrected chi connectivity index (χ4v) is 2.99. The van der Waals surface area contributed by atoms with Gasteiger partial charge in [0.05, 0.1) is 0 Å². The maximum Gasteiger partial charge on any atom is 0.222 e. The van der Waals surface area contributed by atoms with Gasteiger partial charge in [-0.25, -0.2) is 0 Å². The summed E-state index contributed by atoms with van der Waals surface area (Å²) in [4.78, 5) is 14.3.